The molecule has 0 aliphatic carbocycles. The van der Waals surface area contributed by atoms with E-state index in [-0.39, 0.29) is 6.10 Å². The zero-order chi connectivity index (χ0) is 14.1. The van der Waals surface area contributed by atoms with E-state index in [4.69, 9.17) is 16.3 Å². The fourth-order valence-electron chi connectivity index (χ4n) is 2.30. The lowest BCUT2D eigenvalue weighted by Crippen LogP contribution is -2.43. The monoisotopic (exact) mass is 283 g/mol. The first-order chi connectivity index (χ1) is 9.22. The van der Waals surface area contributed by atoms with E-state index in [9.17, 15) is 0 Å². The van der Waals surface area contributed by atoms with Crippen molar-refractivity contribution in [3.05, 3.63) is 34.9 Å². The van der Waals surface area contributed by atoms with Gasteiger partial charge in [0, 0.05) is 17.7 Å². The van der Waals surface area contributed by atoms with Crippen LogP contribution in [0.3, 0.4) is 0 Å². The first kappa shape index (κ1) is 16.5. The summed E-state index contributed by atoms with van der Waals surface area (Å²) in [4.78, 5) is 0. The van der Waals surface area contributed by atoms with Gasteiger partial charge in [0.1, 0.15) is 0 Å². The molecule has 19 heavy (non-hydrogen) atoms. The predicted molar refractivity (Wildman–Crippen MR) is 82.9 cm³/mol. The number of hydrogen-bond acceptors (Lipinski definition) is 2. The highest BCUT2D eigenvalue weighted by Gasteiger charge is 2.20. The van der Waals surface area contributed by atoms with Crippen LogP contribution in [0.15, 0.2) is 24.3 Å². The highest BCUT2D eigenvalue weighted by atomic mass is 35.5. The Hall–Kier alpha value is -0.570. The summed E-state index contributed by atoms with van der Waals surface area (Å²) in [6.45, 7) is 8.17. The van der Waals surface area contributed by atoms with Gasteiger partial charge in [-0.15, -0.1) is 0 Å². The molecule has 2 unspecified atom stereocenters. The fourth-order valence-corrected chi connectivity index (χ4v) is 2.51. The van der Waals surface area contributed by atoms with Crippen molar-refractivity contribution in [2.24, 2.45) is 0 Å². The molecule has 0 aromatic heterocycles. The topological polar surface area (TPSA) is 21.3 Å². The van der Waals surface area contributed by atoms with Crippen molar-refractivity contribution < 1.29 is 4.74 Å². The van der Waals surface area contributed by atoms with E-state index in [2.05, 4.69) is 32.2 Å². The van der Waals surface area contributed by atoms with Crippen molar-refractivity contribution in [2.45, 2.75) is 52.2 Å². The Balaban J connectivity index is 2.75. The highest BCUT2D eigenvalue weighted by Crippen LogP contribution is 2.19. The number of nitrogens with one attached hydrogen (secondary N) is 1. The summed E-state index contributed by atoms with van der Waals surface area (Å²) in [7, 11) is 0. The van der Waals surface area contributed by atoms with E-state index in [1.807, 2.05) is 18.2 Å². The molecule has 0 heterocycles. The maximum Gasteiger partial charge on any atom is 0.0728 e. The molecule has 2 atom stereocenters. The minimum absolute atomic E-state index is 0.243. The van der Waals surface area contributed by atoms with Crippen molar-refractivity contribution in [3.8, 4) is 0 Å². The molecule has 0 aliphatic heterocycles. The van der Waals surface area contributed by atoms with Crippen molar-refractivity contribution >= 4 is 11.6 Å². The molecule has 108 valence electrons. The first-order valence-electron chi connectivity index (χ1n) is 7.31. The van der Waals surface area contributed by atoms with Gasteiger partial charge in [-0.05, 0) is 44.4 Å². The van der Waals surface area contributed by atoms with Crippen molar-refractivity contribution in [1.29, 1.82) is 0 Å². The van der Waals surface area contributed by atoms with Gasteiger partial charge in [0.25, 0.3) is 0 Å². The minimum Gasteiger partial charge on any atom is -0.377 e. The summed E-state index contributed by atoms with van der Waals surface area (Å²) < 4.78 is 5.86. The standard InChI is InChI=1S/C16H26ClNO/c1-4-11-18-15(16(5-2)19-6-3)12-13-9-7-8-10-14(13)17/h7-10,15-16,18H,4-6,11-12H2,1-3H3. The molecule has 1 N–H and O–H groups in total. The summed E-state index contributed by atoms with van der Waals surface area (Å²) in [5, 5.41) is 4.44. The number of benzene rings is 1. The van der Waals surface area contributed by atoms with Crippen LogP contribution in [0.25, 0.3) is 0 Å². The Morgan fingerprint density at radius 2 is 1.95 bits per heavy atom. The van der Waals surface area contributed by atoms with Gasteiger partial charge in [0.05, 0.1) is 6.10 Å². The normalized spacial score (nSPS) is 14.3. The Morgan fingerprint density at radius 1 is 1.21 bits per heavy atom. The number of rotatable bonds is 9. The zero-order valence-corrected chi connectivity index (χ0v) is 13.0. The van der Waals surface area contributed by atoms with Crippen LogP contribution >= 0.6 is 11.6 Å². The van der Waals surface area contributed by atoms with Crippen LogP contribution in [0.2, 0.25) is 5.02 Å². The average molecular weight is 284 g/mol. The minimum atomic E-state index is 0.243. The van der Waals surface area contributed by atoms with Gasteiger partial charge in [-0.1, -0.05) is 43.6 Å². The molecule has 0 saturated carbocycles. The van der Waals surface area contributed by atoms with Crippen LogP contribution in [0.5, 0.6) is 0 Å². The summed E-state index contributed by atoms with van der Waals surface area (Å²) >= 11 is 6.26. The van der Waals surface area contributed by atoms with Crippen molar-refractivity contribution in [1.82, 2.24) is 5.32 Å². The van der Waals surface area contributed by atoms with E-state index in [1.54, 1.807) is 0 Å². The number of halogens is 1. The molecule has 0 fully saturated rings. The highest BCUT2D eigenvalue weighted by molar-refractivity contribution is 6.31. The maximum absolute atomic E-state index is 6.26. The van der Waals surface area contributed by atoms with E-state index >= 15 is 0 Å². The lowest BCUT2D eigenvalue weighted by molar-refractivity contribution is 0.0320. The molecular weight excluding hydrogens is 258 g/mol. The Kier molecular flexibility index (Phi) is 8.11. The Bertz CT molecular complexity index is 356. The van der Waals surface area contributed by atoms with E-state index < -0.39 is 0 Å². The van der Waals surface area contributed by atoms with E-state index in [0.717, 1.165) is 37.4 Å². The zero-order valence-electron chi connectivity index (χ0n) is 12.3. The molecule has 2 nitrogen and oxygen atoms in total. The van der Waals surface area contributed by atoms with Crippen molar-refractivity contribution in [3.63, 3.8) is 0 Å². The third-order valence-corrected chi connectivity index (χ3v) is 3.65. The molecule has 0 radical (unpaired) electrons. The first-order valence-corrected chi connectivity index (χ1v) is 7.69. The van der Waals surface area contributed by atoms with Gasteiger partial charge in [0.2, 0.25) is 0 Å². The van der Waals surface area contributed by atoms with Gasteiger partial charge in [0.15, 0.2) is 0 Å². The van der Waals surface area contributed by atoms with Crippen LogP contribution < -0.4 is 5.32 Å². The van der Waals surface area contributed by atoms with Gasteiger partial charge in [-0.2, -0.15) is 0 Å². The lowest BCUT2D eigenvalue weighted by atomic mass is 9.99. The fraction of sp³-hybridized carbons (Fsp3) is 0.625. The Morgan fingerprint density at radius 3 is 2.53 bits per heavy atom. The smallest absolute Gasteiger partial charge is 0.0728 e. The van der Waals surface area contributed by atoms with Gasteiger partial charge >= 0.3 is 0 Å². The summed E-state index contributed by atoms with van der Waals surface area (Å²) in [6, 6.07) is 8.39. The lowest BCUT2D eigenvalue weighted by Gasteiger charge is -2.27. The summed E-state index contributed by atoms with van der Waals surface area (Å²) in [5.41, 5.74) is 1.19. The van der Waals surface area contributed by atoms with Crippen LogP contribution in [0.1, 0.15) is 39.2 Å². The van der Waals surface area contributed by atoms with Crippen LogP contribution in [-0.2, 0) is 11.2 Å². The third kappa shape index (κ3) is 5.52. The molecule has 1 aromatic rings. The maximum atomic E-state index is 6.26. The second-order valence-electron chi connectivity index (χ2n) is 4.76. The van der Waals surface area contributed by atoms with Crippen LogP contribution in [0.4, 0.5) is 0 Å². The summed E-state index contributed by atoms with van der Waals surface area (Å²) in [6.07, 6.45) is 3.30. The molecule has 1 rings (SSSR count). The molecule has 0 spiro atoms. The quantitative estimate of drug-likeness (QED) is 0.738. The molecule has 0 bridgehead atoms. The Labute approximate surface area is 122 Å². The molecule has 3 heteroatoms. The van der Waals surface area contributed by atoms with Crippen LogP contribution in [0, 0.1) is 0 Å². The van der Waals surface area contributed by atoms with E-state index in [1.165, 1.54) is 5.56 Å². The number of ether oxygens (including phenoxy) is 1. The average Bonchev–Trinajstić information content (AvgIpc) is 2.43. The molecule has 0 aliphatic rings. The van der Waals surface area contributed by atoms with E-state index in [0.29, 0.717) is 6.04 Å². The second-order valence-corrected chi connectivity index (χ2v) is 5.17. The molecule has 1 aromatic carbocycles. The van der Waals surface area contributed by atoms with Crippen molar-refractivity contribution in [2.75, 3.05) is 13.2 Å². The summed E-state index contributed by atoms with van der Waals surface area (Å²) in [5.74, 6) is 0. The van der Waals surface area contributed by atoms with Gasteiger partial charge < -0.3 is 10.1 Å². The molecular formula is C16H26ClNO. The van der Waals surface area contributed by atoms with Gasteiger partial charge in [-0.25, -0.2) is 0 Å². The SMILES string of the molecule is CCCNC(Cc1ccccc1Cl)C(CC)OCC. The van der Waals surface area contributed by atoms with Crippen LogP contribution in [-0.4, -0.2) is 25.3 Å². The molecule has 0 amide bonds. The predicted octanol–water partition coefficient (Wildman–Crippen LogP) is 4.07. The largest absolute Gasteiger partial charge is 0.377 e. The third-order valence-electron chi connectivity index (χ3n) is 3.29. The van der Waals surface area contributed by atoms with Gasteiger partial charge in [-0.3, -0.25) is 0 Å². The number of hydrogen-bond donors (Lipinski definition) is 1. The second kappa shape index (κ2) is 9.35. The molecule has 0 saturated heterocycles.